The van der Waals surface area contributed by atoms with Crippen molar-refractivity contribution < 1.29 is 5.11 Å². The fourth-order valence-electron chi connectivity index (χ4n) is 1.78. The molecule has 0 amide bonds. The molecule has 4 heteroatoms. The molecule has 1 unspecified atom stereocenters. The number of β-amino-alcohol motifs (C(OH)–C–C–N with tert-alkyl or cyclic N) is 1. The summed E-state index contributed by atoms with van der Waals surface area (Å²) < 4.78 is 1.94. The molecule has 2 heterocycles. The maximum absolute atomic E-state index is 9.48. The van der Waals surface area contributed by atoms with E-state index in [1.165, 1.54) is 0 Å². The SMILES string of the molecule is CCCn1cc(C2=CC(O)CNC2)cn1. The molecule has 15 heavy (non-hydrogen) atoms. The van der Waals surface area contributed by atoms with Gasteiger partial charge in [-0.15, -0.1) is 0 Å². The van der Waals surface area contributed by atoms with E-state index in [0.717, 1.165) is 30.6 Å². The molecule has 1 aromatic heterocycles. The predicted octanol–water partition coefficient (Wildman–Crippen LogP) is 0.641. The van der Waals surface area contributed by atoms with Crippen LogP contribution < -0.4 is 5.32 Å². The zero-order chi connectivity index (χ0) is 10.7. The van der Waals surface area contributed by atoms with Crippen molar-refractivity contribution in [1.29, 1.82) is 0 Å². The summed E-state index contributed by atoms with van der Waals surface area (Å²) >= 11 is 0. The van der Waals surface area contributed by atoms with Gasteiger partial charge in [0, 0.05) is 31.4 Å². The molecule has 0 saturated carbocycles. The normalized spacial score (nSPS) is 21.5. The van der Waals surface area contributed by atoms with Crippen LogP contribution in [0.5, 0.6) is 0 Å². The molecule has 4 nitrogen and oxygen atoms in total. The second kappa shape index (κ2) is 4.59. The molecule has 0 aliphatic carbocycles. The van der Waals surface area contributed by atoms with E-state index in [9.17, 15) is 5.11 Å². The molecule has 0 aromatic carbocycles. The lowest BCUT2D eigenvalue weighted by Gasteiger charge is -2.17. The van der Waals surface area contributed by atoms with Gasteiger partial charge in [-0.1, -0.05) is 6.92 Å². The average Bonchev–Trinajstić information content (AvgIpc) is 2.67. The fraction of sp³-hybridized carbons (Fsp3) is 0.545. The van der Waals surface area contributed by atoms with Crippen LogP contribution in [0.1, 0.15) is 18.9 Å². The minimum absolute atomic E-state index is 0.372. The Hall–Kier alpha value is -1.13. The first kappa shape index (κ1) is 10.4. The highest BCUT2D eigenvalue weighted by Gasteiger charge is 2.12. The number of nitrogens with one attached hydrogen (secondary N) is 1. The number of aliphatic hydroxyl groups excluding tert-OH is 1. The molecular formula is C11H17N3O. The van der Waals surface area contributed by atoms with Crippen molar-refractivity contribution in [1.82, 2.24) is 15.1 Å². The molecule has 1 aliphatic rings. The first-order chi connectivity index (χ1) is 7.29. The lowest BCUT2D eigenvalue weighted by atomic mass is 10.0. The smallest absolute Gasteiger partial charge is 0.0851 e. The predicted molar refractivity (Wildman–Crippen MR) is 59.4 cm³/mol. The quantitative estimate of drug-likeness (QED) is 0.764. The Bertz CT molecular complexity index is 356. The number of hydrogen-bond donors (Lipinski definition) is 2. The monoisotopic (exact) mass is 207 g/mol. The van der Waals surface area contributed by atoms with E-state index in [0.29, 0.717) is 6.54 Å². The summed E-state index contributed by atoms with van der Waals surface area (Å²) in [6.07, 6.45) is 6.52. The molecule has 0 saturated heterocycles. The van der Waals surface area contributed by atoms with E-state index < -0.39 is 0 Å². The third kappa shape index (κ3) is 2.46. The summed E-state index contributed by atoms with van der Waals surface area (Å²) in [4.78, 5) is 0. The Balaban J connectivity index is 2.14. The number of aryl methyl sites for hydroxylation is 1. The van der Waals surface area contributed by atoms with E-state index in [4.69, 9.17) is 0 Å². The number of rotatable bonds is 3. The zero-order valence-electron chi connectivity index (χ0n) is 8.98. The van der Waals surface area contributed by atoms with E-state index in [1.807, 2.05) is 23.2 Å². The molecular weight excluding hydrogens is 190 g/mol. The minimum atomic E-state index is -0.372. The Kier molecular flexibility index (Phi) is 3.18. The highest BCUT2D eigenvalue weighted by molar-refractivity contribution is 5.67. The van der Waals surface area contributed by atoms with E-state index >= 15 is 0 Å². The summed E-state index contributed by atoms with van der Waals surface area (Å²) in [5, 5.41) is 16.9. The molecule has 2 rings (SSSR count). The van der Waals surface area contributed by atoms with Gasteiger partial charge in [0.2, 0.25) is 0 Å². The van der Waals surface area contributed by atoms with Crippen LogP contribution >= 0.6 is 0 Å². The Labute approximate surface area is 89.6 Å². The maximum Gasteiger partial charge on any atom is 0.0851 e. The first-order valence-electron chi connectivity index (χ1n) is 5.42. The second-order valence-electron chi connectivity index (χ2n) is 3.88. The summed E-state index contributed by atoms with van der Waals surface area (Å²) in [6, 6.07) is 0. The highest BCUT2D eigenvalue weighted by atomic mass is 16.3. The topological polar surface area (TPSA) is 50.1 Å². The van der Waals surface area contributed by atoms with Crippen molar-refractivity contribution in [3.05, 3.63) is 24.0 Å². The van der Waals surface area contributed by atoms with Gasteiger partial charge >= 0.3 is 0 Å². The van der Waals surface area contributed by atoms with Crippen molar-refractivity contribution in [2.24, 2.45) is 0 Å². The van der Waals surface area contributed by atoms with Crippen LogP contribution in [0, 0.1) is 0 Å². The van der Waals surface area contributed by atoms with Crippen LogP contribution in [0.4, 0.5) is 0 Å². The highest BCUT2D eigenvalue weighted by Crippen LogP contribution is 2.16. The van der Waals surface area contributed by atoms with Gasteiger partial charge in [-0.2, -0.15) is 5.10 Å². The van der Waals surface area contributed by atoms with Crippen LogP contribution in [-0.4, -0.2) is 34.1 Å². The first-order valence-corrected chi connectivity index (χ1v) is 5.42. The largest absolute Gasteiger partial charge is 0.388 e. The molecule has 82 valence electrons. The van der Waals surface area contributed by atoms with Crippen molar-refractivity contribution in [2.75, 3.05) is 13.1 Å². The Morgan fingerprint density at radius 1 is 1.67 bits per heavy atom. The standard InChI is InChI=1S/C11H17N3O/c1-2-3-14-8-10(6-13-14)9-4-11(15)7-12-5-9/h4,6,8,11-12,15H,2-3,5,7H2,1H3. The van der Waals surface area contributed by atoms with Gasteiger partial charge in [0.1, 0.15) is 0 Å². The van der Waals surface area contributed by atoms with Crippen molar-refractivity contribution in [3.63, 3.8) is 0 Å². The van der Waals surface area contributed by atoms with Gasteiger partial charge in [-0.3, -0.25) is 4.68 Å². The van der Waals surface area contributed by atoms with Crippen LogP contribution in [-0.2, 0) is 6.54 Å². The van der Waals surface area contributed by atoms with Crippen molar-refractivity contribution >= 4 is 5.57 Å². The second-order valence-corrected chi connectivity index (χ2v) is 3.88. The van der Waals surface area contributed by atoms with Crippen LogP contribution in [0.15, 0.2) is 18.5 Å². The van der Waals surface area contributed by atoms with Gasteiger partial charge < -0.3 is 10.4 Å². The van der Waals surface area contributed by atoms with Crippen molar-refractivity contribution in [2.45, 2.75) is 26.0 Å². The van der Waals surface area contributed by atoms with Gasteiger partial charge in [0.15, 0.2) is 0 Å². The molecule has 2 N–H and O–H groups in total. The van der Waals surface area contributed by atoms with Gasteiger partial charge in [0.05, 0.1) is 12.3 Å². The Morgan fingerprint density at radius 2 is 2.53 bits per heavy atom. The maximum atomic E-state index is 9.48. The lowest BCUT2D eigenvalue weighted by Crippen LogP contribution is -2.31. The number of aliphatic hydroxyl groups is 1. The fourth-order valence-corrected chi connectivity index (χ4v) is 1.78. The lowest BCUT2D eigenvalue weighted by molar-refractivity contribution is 0.217. The summed E-state index contributed by atoms with van der Waals surface area (Å²) in [5.74, 6) is 0. The molecule has 0 spiro atoms. The number of aromatic nitrogens is 2. The van der Waals surface area contributed by atoms with Gasteiger partial charge in [-0.05, 0) is 18.1 Å². The van der Waals surface area contributed by atoms with E-state index in [-0.39, 0.29) is 6.10 Å². The number of hydrogen-bond acceptors (Lipinski definition) is 3. The molecule has 1 aromatic rings. The van der Waals surface area contributed by atoms with Crippen molar-refractivity contribution in [3.8, 4) is 0 Å². The zero-order valence-corrected chi connectivity index (χ0v) is 8.98. The molecule has 1 atom stereocenters. The molecule has 0 fully saturated rings. The minimum Gasteiger partial charge on any atom is -0.388 e. The van der Waals surface area contributed by atoms with Crippen LogP contribution in [0.3, 0.4) is 0 Å². The summed E-state index contributed by atoms with van der Waals surface area (Å²) in [5.41, 5.74) is 2.24. The van der Waals surface area contributed by atoms with Crippen LogP contribution in [0.2, 0.25) is 0 Å². The average molecular weight is 207 g/mol. The van der Waals surface area contributed by atoms with Crippen LogP contribution in [0.25, 0.3) is 5.57 Å². The van der Waals surface area contributed by atoms with Gasteiger partial charge in [0.25, 0.3) is 0 Å². The van der Waals surface area contributed by atoms with Gasteiger partial charge in [-0.25, -0.2) is 0 Å². The summed E-state index contributed by atoms with van der Waals surface area (Å²) in [7, 11) is 0. The molecule has 0 bridgehead atoms. The summed E-state index contributed by atoms with van der Waals surface area (Å²) in [6.45, 7) is 4.54. The van der Waals surface area contributed by atoms with E-state index in [1.54, 1.807) is 0 Å². The third-order valence-electron chi connectivity index (χ3n) is 2.52. The molecule has 0 radical (unpaired) electrons. The molecule has 1 aliphatic heterocycles. The van der Waals surface area contributed by atoms with E-state index in [2.05, 4.69) is 17.3 Å². The number of nitrogens with zero attached hydrogens (tertiary/aromatic N) is 2. The third-order valence-corrected chi connectivity index (χ3v) is 2.52. The Morgan fingerprint density at radius 3 is 3.27 bits per heavy atom.